The summed E-state index contributed by atoms with van der Waals surface area (Å²) in [6.07, 6.45) is 6.45. The van der Waals surface area contributed by atoms with Gasteiger partial charge in [-0.1, -0.05) is 6.42 Å². The molecule has 2 saturated heterocycles. The molecule has 1 N–H and O–H groups in total. The van der Waals surface area contributed by atoms with Crippen LogP contribution in [-0.2, 0) is 4.79 Å². The molecule has 2 aliphatic rings. The van der Waals surface area contributed by atoms with Gasteiger partial charge in [0.25, 0.3) is 0 Å². The maximum absolute atomic E-state index is 11.3. The molecular weight excluding hydrogens is 188 g/mol. The van der Waals surface area contributed by atoms with Gasteiger partial charge in [0.05, 0.1) is 0 Å². The van der Waals surface area contributed by atoms with Crippen molar-refractivity contribution in [1.82, 2.24) is 10.2 Å². The molecule has 0 aromatic heterocycles. The summed E-state index contributed by atoms with van der Waals surface area (Å²) in [5, 5.41) is 3.61. The van der Waals surface area contributed by atoms with Crippen molar-refractivity contribution in [3.05, 3.63) is 0 Å². The van der Waals surface area contributed by atoms with Gasteiger partial charge in [0, 0.05) is 26.1 Å². The van der Waals surface area contributed by atoms with Crippen molar-refractivity contribution in [2.45, 2.75) is 45.1 Å². The van der Waals surface area contributed by atoms with Gasteiger partial charge in [-0.15, -0.1) is 0 Å². The quantitative estimate of drug-likeness (QED) is 0.709. The molecule has 0 aromatic rings. The molecule has 15 heavy (non-hydrogen) atoms. The van der Waals surface area contributed by atoms with Crippen LogP contribution >= 0.6 is 0 Å². The zero-order chi connectivity index (χ0) is 10.7. The Balaban J connectivity index is 1.88. The lowest BCUT2D eigenvalue weighted by molar-refractivity contribution is -0.130. The van der Waals surface area contributed by atoms with Crippen LogP contribution in [0.3, 0.4) is 0 Å². The summed E-state index contributed by atoms with van der Waals surface area (Å²) in [5.74, 6) is 0.943. The number of rotatable bonds is 1. The highest BCUT2D eigenvalue weighted by atomic mass is 16.2. The first-order chi connectivity index (χ1) is 7.27. The minimum Gasteiger partial charge on any atom is -0.343 e. The van der Waals surface area contributed by atoms with E-state index in [9.17, 15) is 4.79 Å². The summed E-state index contributed by atoms with van der Waals surface area (Å²) < 4.78 is 0. The topological polar surface area (TPSA) is 32.3 Å². The summed E-state index contributed by atoms with van der Waals surface area (Å²) in [6.45, 7) is 4.81. The maximum atomic E-state index is 11.3. The first kappa shape index (κ1) is 10.9. The molecule has 0 spiro atoms. The van der Waals surface area contributed by atoms with Gasteiger partial charge in [0.15, 0.2) is 0 Å². The van der Waals surface area contributed by atoms with E-state index in [1.165, 1.54) is 38.6 Å². The molecule has 2 aliphatic heterocycles. The van der Waals surface area contributed by atoms with Crippen LogP contribution in [0.5, 0.6) is 0 Å². The van der Waals surface area contributed by atoms with E-state index in [0.717, 1.165) is 13.1 Å². The van der Waals surface area contributed by atoms with Gasteiger partial charge in [-0.05, 0) is 38.1 Å². The minimum atomic E-state index is 0.246. The van der Waals surface area contributed by atoms with Crippen molar-refractivity contribution in [3.63, 3.8) is 0 Å². The van der Waals surface area contributed by atoms with Crippen LogP contribution < -0.4 is 5.32 Å². The van der Waals surface area contributed by atoms with Gasteiger partial charge in [0.2, 0.25) is 5.91 Å². The molecule has 2 fully saturated rings. The molecule has 0 radical (unpaired) electrons. The third kappa shape index (κ3) is 2.71. The van der Waals surface area contributed by atoms with E-state index in [2.05, 4.69) is 5.32 Å². The van der Waals surface area contributed by atoms with Gasteiger partial charge in [-0.3, -0.25) is 4.79 Å². The number of carbonyl (C=O) groups excluding carboxylic acids is 1. The highest BCUT2D eigenvalue weighted by Gasteiger charge is 2.28. The van der Waals surface area contributed by atoms with Crippen LogP contribution in [0.4, 0.5) is 0 Å². The van der Waals surface area contributed by atoms with Crippen molar-refractivity contribution in [2.75, 3.05) is 19.6 Å². The van der Waals surface area contributed by atoms with E-state index in [1.807, 2.05) is 4.90 Å². The van der Waals surface area contributed by atoms with E-state index < -0.39 is 0 Å². The number of carbonyl (C=O) groups is 1. The summed E-state index contributed by atoms with van der Waals surface area (Å²) in [7, 11) is 0. The Morgan fingerprint density at radius 3 is 2.80 bits per heavy atom. The molecule has 3 nitrogen and oxygen atoms in total. The van der Waals surface area contributed by atoms with Crippen molar-refractivity contribution in [3.8, 4) is 0 Å². The molecule has 0 aromatic carbocycles. The number of hydrogen-bond acceptors (Lipinski definition) is 2. The first-order valence-corrected chi connectivity index (χ1v) is 6.26. The monoisotopic (exact) mass is 210 g/mol. The fourth-order valence-corrected chi connectivity index (χ4v) is 2.91. The Bertz CT molecular complexity index is 224. The second-order valence-corrected chi connectivity index (χ2v) is 4.92. The molecule has 1 amide bonds. The Hall–Kier alpha value is -0.570. The Kier molecular flexibility index (Phi) is 3.62. The zero-order valence-electron chi connectivity index (χ0n) is 9.67. The Morgan fingerprint density at radius 1 is 1.27 bits per heavy atom. The average Bonchev–Trinajstić information content (AvgIpc) is 2.30. The molecule has 2 rings (SSSR count). The lowest BCUT2D eigenvalue weighted by Gasteiger charge is -2.38. The standard InChI is InChI=1S/C12H22N2O/c1-10(15)14-8-4-5-11(9-14)12-6-2-3-7-13-12/h11-13H,2-9H2,1H3. The van der Waals surface area contributed by atoms with Crippen LogP contribution in [0.15, 0.2) is 0 Å². The number of likely N-dealkylation sites (tertiary alicyclic amines) is 1. The summed E-state index contributed by atoms with van der Waals surface area (Å²) in [6, 6.07) is 0.667. The Labute approximate surface area is 92.2 Å². The van der Waals surface area contributed by atoms with Crippen LogP contribution in [0, 0.1) is 5.92 Å². The van der Waals surface area contributed by atoms with E-state index >= 15 is 0 Å². The second-order valence-electron chi connectivity index (χ2n) is 4.92. The molecule has 0 bridgehead atoms. The summed E-state index contributed by atoms with van der Waals surface area (Å²) in [5.41, 5.74) is 0. The number of amides is 1. The molecule has 2 atom stereocenters. The molecular formula is C12H22N2O. The van der Waals surface area contributed by atoms with Crippen molar-refractivity contribution in [1.29, 1.82) is 0 Å². The highest BCUT2D eigenvalue weighted by Crippen LogP contribution is 2.24. The SMILES string of the molecule is CC(=O)N1CCCC(C2CCCCN2)C1. The van der Waals surface area contributed by atoms with Crippen LogP contribution in [0.25, 0.3) is 0 Å². The molecule has 2 heterocycles. The zero-order valence-corrected chi connectivity index (χ0v) is 9.67. The molecule has 0 saturated carbocycles. The molecule has 2 unspecified atom stereocenters. The summed E-state index contributed by atoms with van der Waals surface area (Å²) >= 11 is 0. The van der Waals surface area contributed by atoms with Crippen molar-refractivity contribution in [2.24, 2.45) is 5.92 Å². The van der Waals surface area contributed by atoms with E-state index in [0.29, 0.717) is 12.0 Å². The first-order valence-electron chi connectivity index (χ1n) is 6.26. The number of nitrogens with zero attached hydrogens (tertiary/aromatic N) is 1. The van der Waals surface area contributed by atoms with Crippen molar-refractivity contribution < 1.29 is 4.79 Å². The normalized spacial score (nSPS) is 32.7. The summed E-state index contributed by atoms with van der Waals surface area (Å²) in [4.78, 5) is 13.4. The fraction of sp³-hybridized carbons (Fsp3) is 0.917. The predicted octanol–water partition coefficient (Wildman–Crippen LogP) is 1.39. The number of hydrogen-bond donors (Lipinski definition) is 1. The van der Waals surface area contributed by atoms with Crippen LogP contribution in [-0.4, -0.2) is 36.5 Å². The lowest BCUT2D eigenvalue weighted by atomic mass is 9.86. The van der Waals surface area contributed by atoms with Gasteiger partial charge in [-0.2, -0.15) is 0 Å². The molecule has 86 valence electrons. The smallest absolute Gasteiger partial charge is 0.219 e. The molecule has 3 heteroatoms. The lowest BCUT2D eigenvalue weighted by Crippen LogP contribution is -2.48. The molecule has 0 aliphatic carbocycles. The van der Waals surface area contributed by atoms with E-state index in [1.54, 1.807) is 6.92 Å². The van der Waals surface area contributed by atoms with Gasteiger partial charge in [-0.25, -0.2) is 0 Å². The van der Waals surface area contributed by atoms with Gasteiger partial charge >= 0.3 is 0 Å². The fourth-order valence-electron chi connectivity index (χ4n) is 2.91. The average molecular weight is 210 g/mol. The maximum Gasteiger partial charge on any atom is 0.219 e. The van der Waals surface area contributed by atoms with Gasteiger partial charge < -0.3 is 10.2 Å². The van der Waals surface area contributed by atoms with Crippen LogP contribution in [0.1, 0.15) is 39.0 Å². The second kappa shape index (κ2) is 4.97. The van der Waals surface area contributed by atoms with E-state index in [4.69, 9.17) is 0 Å². The number of nitrogens with one attached hydrogen (secondary N) is 1. The number of piperidine rings is 2. The Morgan fingerprint density at radius 2 is 2.13 bits per heavy atom. The van der Waals surface area contributed by atoms with Gasteiger partial charge in [0.1, 0.15) is 0 Å². The largest absolute Gasteiger partial charge is 0.343 e. The van der Waals surface area contributed by atoms with Crippen molar-refractivity contribution >= 4 is 5.91 Å². The predicted molar refractivity (Wildman–Crippen MR) is 60.6 cm³/mol. The van der Waals surface area contributed by atoms with Crippen LogP contribution in [0.2, 0.25) is 0 Å². The highest BCUT2D eigenvalue weighted by molar-refractivity contribution is 5.73. The van der Waals surface area contributed by atoms with E-state index in [-0.39, 0.29) is 5.91 Å². The minimum absolute atomic E-state index is 0.246. The third-order valence-electron chi connectivity index (χ3n) is 3.82. The third-order valence-corrected chi connectivity index (χ3v) is 3.82.